The lowest BCUT2D eigenvalue weighted by molar-refractivity contribution is -0.117. The van der Waals surface area contributed by atoms with Gasteiger partial charge < -0.3 is 10.6 Å². The van der Waals surface area contributed by atoms with Gasteiger partial charge in [-0.15, -0.1) is 0 Å². The molecule has 0 spiro atoms. The molecule has 1 aromatic rings. The van der Waals surface area contributed by atoms with Crippen LogP contribution in [0.25, 0.3) is 0 Å². The minimum absolute atomic E-state index is 0.0417. The van der Waals surface area contributed by atoms with Gasteiger partial charge in [-0.05, 0) is 49.9 Å². The number of anilines is 2. The van der Waals surface area contributed by atoms with E-state index in [1.165, 1.54) is 116 Å². The normalized spacial score (nSPS) is 11.1. The largest absolute Gasteiger partial charge is 0.324 e. The molecule has 2 amide bonds. The van der Waals surface area contributed by atoms with Crippen molar-refractivity contribution in [2.75, 3.05) is 10.6 Å². The molecule has 0 bridgehead atoms. The number of carbonyl (C=O) groups is 2. The monoisotopic (exact) mass is 556 g/mol. The Labute approximate surface area is 248 Å². The Balaban J connectivity index is 2.26. The van der Waals surface area contributed by atoms with Crippen molar-refractivity contribution in [1.82, 2.24) is 0 Å². The number of benzene rings is 1. The summed E-state index contributed by atoms with van der Waals surface area (Å²) < 4.78 is 0. The molecule has 0 aliphatic heterocycles. The first-order chi connectivity index (χ1) is 19.5. The maximum atomic E-state index is 12.7. The fraction of sp³-hybridized carbons (Fsp3) is 0.778. The summed E-state index contributed by atoms with van der Waals surface area (Å²) in [6, 6.07) is 3.98. The van der Waals surface area contributed by atoms with E-state index in [2.05, 4.69) is 24.5 Å². The molecule has 2 N–H and O–H groups in total. The van der Waals surface area contributed by atoms with Crippen molar-refractivity contribution < 1.29 is 9.59 Å². The van der Waals surface area contributed by atoms with Gasteiger partial charge in [-0.1, -0.05) is 142 Å². The Morgan fingerprint density at radius 2 is 0.700 bits per heavy atom. The number of rotatable bonds is 26. The maximum absolute atomic E-state index is 12.7. The highest BCUT2D eigenvalue weighted by Crippen LogP contribution is 2.27. The number of nitrogens with one attached hydrogen (secondary N) is 2. The lowest BCUT2D eigenvalue weighted by Gasteiger charge is -2.15. The highest BCUT2D eigenvalue weighted by Gasteiger charge is 2.12. The van der Waals surface area contributed by atoms with Crippen molar-refractivity contribution in [1.29, 1.82) is 0 Å². The molecular formula is C36H64N2O2. The van der Waals surface area contributed by atoms with Crippen LogP contribution in [0, 0.1) is 13.8 Å². The van der Waals surface area contributed by atoms with E-state index in [0.29, 0.717) is 12.8 Å². The molecular weight excluding hydrogens is 492 g/mol. The van der Waals surface area contributed by atoms with Crippen molar-refractivity contribution in [3.8, 4) is 0 Å². The topological polar surface area (TPSA) is 58.2 Å². The minimum Gasteiger partial charge on any atom is -0.324 e. The highest BCUT2D eigenvalue weighted by molar-refractivity contribution is 5.99. The Morgan fingerprint density at radius 1 is 0.450 bits per heavy atom. The van der Waals surface area contributed by atoms with Crippen LogP contribution in [0.2, 0.25) is 0 Å². The van der Waals surface area contributed by atoms with Gasteiger partial charge in [-0.25, -0.2) is 0 Å². The van der Waals surface area contributed by atoms with Crippen LogP contribution in [-0.4, -0.2) is 11.8 Å². The van der Waals surface area contributed by atoms with Gasteiger partial charge in [0.2, 0.25) is 11.8 Å². The lowest BCUT2D eigenvalue weighted by Crippen LogP contribution is -2.17. The van der Waals surface area contributed by atoms with E-state index < -0.39 is 0 Å². The van der Waals surface area contributed by atoms with E-state index in [9.17, 15) is 9.59 Å². The van der Waals surface area contributed by atoms with Gasteiger partial charge in [0.15, 0.2) is 0 Å². The van der Waals surface area contributed by atoms with Crippen molar-refractivity contribution in [3.05, 3.63) is 23.3 Å². The first-order valence-corrected chi connectivity index (χ1v) is 17.2. The average molecular weight is 557 g/mol. The second-order valence-electron chi connectivity index (χ2n) is 12.1. The summed E-state index contributed by atoms with van der Waals surface area (Å²) in [5.41, 5.74) is 3.69. The third kappa shape index (κ3) is 19.3. The average Bonchev–Trinajstić information content (AvgIpc) is 2.93. The smallest absolute Gasteiger partial charge is 0.224 e. The van der Waals surface area contributed by atoms with Crippen molar-refractivity contribution >= 4 is 23.2 Å². The third-order valence-corrected chi connectivity index (χ3v) is 8.20. The Kier molecular flexibility index (Phi) is 22.5. The van der Waals surface area contributed by atoms with Crippen LogP contribution in [0.5, 0.6) is 0 Å². The van der Waals surface area contributed by atoms with Crippen LogP contribution in [0.1, 0.15) is 179 Å². The van der Waals surface area contributed by atoms with E-state index in [4.69, 9.17) is 0 Å². The molecule has 40 heavy (non-hydrogen) atoms. The van der Waals surface area contributed by atoms with Crippen LogP contribution >= 0.6 is 0 Å². The van der Waals surface area contributed by atoms with Crippen LogP contribution in [-0.2, 0) is 9.59 Å². The lowest BCUT2D eigenvalue weighted by atomic mass is 10.0. The predicted molar refractivity (Wildman–Crippen MR) is 175 cm³/mol. The molecule has 0 heterocycles. The Hall–Kier alpha value is -1.84. The maximum Gasteiger partial charge on any atom is 0.224 e. The van der Waals surface area contributed by atoms with Gasteiger partial charge in [0.05, 0.1) is 11.4 Å². The quantitative estimate of drug-likeness (QED) is 0.111. The molecule has 0 radical (unpaired) electrons. The third-order valence-electron chi connectivity index (χ3n) is 8.20. The van der Waals surface area contributed by atoms with Gasteiger partial charge in [0, 0.05) is 12.8 Å². The molecule has 0 aliphatic carbocycles. The molecule has 4 nitrogen and oxygen atoms in total. The molecule has 0 unspecified atom stereocenters. The van der Waals surface area contributed by atoms with Gasteiger partial charge >= 0.3 is 0 Å². The summed E-state index contributed by atoms with van der Waals surface area (Å²) >= 11 is 0. The highest BCUT2D eigenvalue weighted by atomic mass is 16.2. The zero-order chi connectivity index (χ0) is 29.3. The molecule has 0 aromatic heterocycles. The molecule has 0 saturated heterocycles. The van der Waals surface area contributed by atoms with Gasteiger partial charge in [-0.2, -0.15) is 0 Å². The molecule has 0 atom stereocenters. The number of hydrogen-bond donors (Lipinski definition) is 2. The van der Waals surface area contributed by atoms with E-state index >= 15 is 0 Å². The number of carbonyl (C=O) groups excluding carboxylic acids is 2. The second kappa shape index (κ2) is 24.9. The Morgan fingerprint density at radius 3 is 0.975 bits per heavy atom. The number of unbranched alkanes of at least 4 members (excludes halogenated alkanes) is 20. The van der Waals surface area contributed by atoms with E-state index in [1.807, 2.05) is 26.0 Å². The summed E-state index contributed by atoms with van der Waals surface area (Å²) in [7, 11) is 0. The molecule has 230 valence electrons. The zero-order valence-electron chi connectivity index (χ0n) is 26.9. The van der Waals surface area contributed by atoms with Crippen molar-refractivity contribution in [2.24, 2.45) is 0 Å². The fourth-order valence-corrected chi connectivity index (χ4v) is 5.35. The van der Waals surface area contributed by atoms with Crippen LogP contribution in [0.15, 0.2) is 12.1 Å². The first-order valence-electron chi connectivity index (χ1n) is 17.2. The van der Waals surface area contributed by atoms with E-state index in [1.54, 1.807) is 0 Å². The summed E-state index contributed by atoms with van der Waals surface area (Å²) in [6.07, 6.45) is 29.1. The number of amides is 2. The predicted octanol–water partition coefficient (Wildman–Crippen LogP) is 11.6. The summed E-state index contributed by atoms with van der Waals surface area (Å²) in [6.45, 7) is 8.62. The van der Waals surface area contributed by atoms with Crippen LogP contribution < -0.4 is 10.6 Å². The standard InChI is InChI=1S/C36H64N2O2/c1-5-7-9-11-13-15-17-19-21-23-25-27-35(39)37-33-29-31(3)32(4)30-34(33)38-36(40)28-26-24-22-20-18-16-14-12-10-8-6-2/h29-30H,5-28H2,1-4H3,(H,37,39)(H,38,40). The van der Waals surface area contributed by atoms with Gasteiger partial charge in [0.25, 0.3) is 0 Å². The minimum atomic E-state index is 0.0417. The molecule has 1 aromatic carbocycles. The van der Waals surface area contributed by atoms with Crippen LogP contribution in [0.4, 0.5) is 11.4 Å². The van der Waals surface area contributed by atoms with Crippen molar-refractivity contribution in [2.45, 2.75) is 182 Å². The van der Waals surface area contributed by atoms with Crippen LogP contribution in [0.3, 0.4) is 0 Å². The number of aryl methyl sites for hydroxylation is 2. The molecule has 0 aliphatic rings. The molecule has 0 saturated carbocycles. The van der Waals surface area contributed by atoms with Gasteiger partial charge in [-0.3, -0.25) is 9.59 Å². The SMILES string of the molecule is CCCCCCCCCCCCCC(=O)Nc1cc(C)c(C)cc1NC(=O)CCCCCCCCCCCCC. The van der Waals surface area contributed by atoms with E-state index in [-0.39, 0.29) is 11.8 Å². The van der Waals surface area contributed by atoms with E-state index in [0.717, 1.165) is 48.2 Å². The summed E-state index contributed by atoms with van der Waals surface area (Å²) in [5.74, 6) is 0.0834. The first kappa shape index (κ1) is 36.2. The van der Waals surface area contributed by atoms with Crippen molar-refractivity contribution in [3.63, 3.8) is 0 Å². The molecule has 4 heteroatoms. The molecule has 0 fully saturated rings. The molecule has 1 rings (SSSR count). The van der Waals surface area contributed by atoms with Gasteiger partial charge in [0.1, 0.15) is 0 Å². The number of hydrogen-bond acceptors (Lipinski definition) is 2. The fourth-order valence-electron chi connectivity index (χ4n) is 5.35. The summed E-state index contributed by atoms with van der Waals surface area (Å²) in [4.78, 5) is 25.3. The Bertz CT molecular complexity index is 724. The zero-order valence-corrected chi connectivity index (χ0v) is 26.9. The summed E-state index contributed by atoms with van der Waals surface area (Å²) in [5, 5.41) is 6.16. The second-order valence-corrected chi connectivity index (χ2v) is 12.1.